The van der Waals surface area contributed by atoms with Crippen LogP contribution in [0.15, 0.2) is 42.6 Å². The molecule has 0 unspecified atom stereocenters. The van der Waals surface area contributed by atoms with Crippen LogP contribution in [0, 0.1) is 33.5 Å². The SMILES string of the molecule is Cc1ccc(-c2nc(C3CCOCC3)nc3nc(C)c(C)nc23)c(F)c1.Cc1ccccn1. The summed E-state index contributed by atoms with van der Waals surface area (Å²) in [5.74, 6) is 0.597. The number of hydrogen-bond acceptors (Lipinski definition) is 6. The Bertz CT molecular complexity index is 1260. The van der Waals surface area contributed by atoms with Crippen molar-refractivity contribution in [2.45, 2.75) is 46.5 Å². The Morgan fingerprint density at radius 3 is 2.27 bits per heavy atom. The van der Waals surface area contributed by atoms with Crippen LogP contribution in [0.3, 0.4) is 0 Å². The molecule has 6 nitrogen and oxygen atoms in total. The molecule has 1 aliphatic rings. The van der Waals surface area contributed by atoms with Crippen LogP contribution in [-0.2, 0) is 4.74 Å². The Balaban J connectivity index is 0.000000318. The number of aryl methyl sites for hydroxylation is 4. The maximum Gasteiger partial charge on any atom is 0.182 e. The second kappa shape index (κ2) is 10.1. The molecule has 33 heavy (non-hydrogen) atoms. The molecule has 0 amide bonds. The molecule has 1 saturated heterocycles. The van der Waals surface area contributed by atoms with E-state index in [4.69, 9.17) is 9.72 Å². The Hall–Kier alpha value is -3.32. The number of nitrogens with zero attached hydrogens (tertiary/aromatic N) is 5. The van der Waals surface area contributed by atoms with Gasteiger partial charge in [0, 0.05) is 36.6 Å². The molecule has 0 saturated carbocycles. The summed E-state index contributed by atoms with van der Waals surface area (Å²) in [6.07, 6.45) is 3.51. The topological polar surface area (TPSA) is 73.7 Å². The molecule has 0 bridgehead atoms. The number of pyridine rings is 1. The van der Waals surface area contributed by atoms with Gasteiger partial charge in [-0.1, -0.05) is 12.1 Å². The summed E-state index contributed by atoms with van der Waals surface area (Å²) in [6.45, 7) is 9.02. The van der Waals surface area contributed by atoms with Gasteiger partial charge in [-0.05, 0) is 70.4 Å². The van der Waals surface area contributed by atoms with E-state index >= 15 is 0 Å². The van der Waals surface area contributed by atoms with Gasteiger partial charge in [0.05, 0.1) is 11.4 Å². The Labute approximate surface area is 193 Å². The first kappa shape index (κ1) is 22.9. The lowest BCUT2D eigenvalue weighted by atomic mass is 9.99. The molecule has 1 aromatic carbocycles. The number of fused-ring (bicyclic) bond motifs is 1. The number of ether oxygens (including phenoxy) is 1. The summed E-state index contributed by atoms with van der Waals surface area (Å²) >= 11 is 0. The van der Waals surface area contributed by atoms with Crippen molar-refractivity contribution in [3.05, 3.63) is 76.9 Å². The first-order valence-corrected chi connectivity index (χ1v) is 11.2. The average molecular weight is 446 g/mol. The highest BCUT2D eigenvalue weighted by molar-refractivity contribution is 5.87. The van der Waals surface area contributed by atoms with Crippen molar-refractivity contribution in [3.8, 4) is 11.3 Å². The minimum atomic E-state index is -0.303. The molecule has 5 rings (SSSR count). The highest BCUT2D eigenvalue weighted by Gasteiger charge is 2.23. The van der Waals surface area contributed by atoms with Gasteiger partial charge in [0.2, 0.25) is 0 Å². The molecule has 1 fully saturated rings. The Morgan fingerprint density at radius 1 is 0.879 bits per heavy atom. The van der Waals surface area contributed by atoms with Crippen molar-refractivity contribution in [1.82, 2.24) is 24.9 Å². The molecule has 3 aromatic heterocycles. The van der Waals surface area contributed by atoms with Gasteiger partial charge in [-0.15, -0.1) is 0 Å². The quantitative estimate of drug-likeness (QED) is 0.409. The molecule has 4 heterocycles. The summed E-state index contributed by atoms with van der Waals surface area (Å²) < 4.78 is 20.1. The molecule has 1 aliphatic heterocycles. The van der Waals surface area contributed by atoms with E-state index in [0.29, 0.717) is 41.5 Å². The van der Waals surface area contributed by atoms with Crippen LogP contribution in [0.5, 0.6) is 0 Å². The van der Waals surface area contributed by atoms with Gasteiger partial charge in [0.1, 0.15) is 22.9 Å². The predicted octanol–water partition coefficient (Wildman–Crippen LogP) is 5.44. The fourth-order valence-corrected chi connectivity index (χ4v) is 3.72. The van der Waals surface area contributed by atoms with Crippen molar-refractivity contribution < 1.29 is 9.13 Å². The van der Waals surface area contributed by atoms with Crippen molar-refractivity contribution in [1.29, 1.82) is 0 Å². The lowest BCUT2D eigenvalue weighted by molar-refractivity contribution is 0.0836. The van der Waals surface area contributed by atoms with Crippen molar-refractivity contribution in [2.24, 2.45) is 0 Å². The molecule has 170 valence electrons. The second-order valence-electron chi connectivity index (χ2n) is 8.34. The second-order valence-corrected chi connectivity index (χ2v) is 8.34. The maximum atomic E-state index is 14.7. The fraction of sp³-hybridized carbons (Fsp3) is 0.346. The van der Waals surface area contributed by atoms with Crippen LogP contribution in [0.4, 0.5) is 4.39 Å². The molecule has 0 N–H and O–H groups in total. The third-order valence-corrected chi connectivity index (χ3v) is 5.74. The third-order valence-electron chi connectivity index (χ3n) is 5.74. The zero-order valence-corrected chi connectivity index (χ0v) is 19.5. The summed E-state index contributed by atoms with van der Waals surface area (Å²) in [5.41, 5.74) is 5.60. The van der Waals surface area contributed by atoms with Crippen molar-refractivity contribution >= 4 is 11.2 Å². The number of rotatable bonds is 2. The van der Waals surface area contributed by atoms with Crippen LogP contribution in [0.1, 0.15) is 47.2 Å². The molecule has 0 spiro atoms. The van der Waals surface area contributed by atoms with Gasteiger partial charge in [0.25, 0.3) is 0 Å². The summed E-state index contributed by atoms with van der Waals surface area (Å²) in [4.78, 5) is 22.6. The fourth-order valence-electron chi connectivity index (χ4n) is 3.72. The van der Waals surface area contributed by atoms with E-state index in [1.807, 2.05) is 52.0 Å². The van der Waals surface area contributed by atoms with E-state index in [0.717, 1.165) is 35.5 Å². The van der Waals surface area contributed by atoms with Gasteiger partial charge < -0.3 is 4.74 Å². The lowest BCUT2D eigenvalue weighted by Crippen LogP contribution is -2.17. The zero-order chi connectivity index (χ0) is 23.4. The monoisotopic (exact) mass is 445 g/mol. The Kier molecular flexibility index (Phi) is 6.99. The number of benzene rings is 1. The van der Waals surface area contributed by atoms with E-state index in [2.05, 4.69) is 19.9 Å². The molecule has 0 aliphatic carbocycles. The maximum absolute atomic E-state index is 14.7. The summed E-state index contributed by atoms with van der Waals surface area (Å²) in [7, 11) is 0. The first-order chi connectivity index (χ1) is 15.9. The van der Waals surface area contributed by atoms with Crippen molar-refractivity contribution in [3.63, 3.8) is 0 Å². The number of hydrogen-bond donors (Lipinski definition) is 0. The van der Waals surface area contributed by atoms with Gasteiger partial charge in [-0.3, -0.25) is 4.98 Å². The van der Waals surface area contributed by atoms with Gasteiger partial charge in [-0.2, -0.15) is 0 Å². The summed E-state index contributed by atoms with van der Waals surface area (Å²) in [5, 5.41) is 0. The van der Waals surface area contributed by atoms with Crippen LogP contribution < -0.4 is 0 Å². The minimum Gasteiger partial charge on any atom is -0.381 e. The van der Waals surface area contributed by atoms with Crippen LogP contribution in [0.25, 0.3) is 22.4 Å². The summed E-state index contributed by atoms with van der Waals surface area (Å²) in [6, 6.07) is 11.0. The molecular formula is C26H28FN5O. The molecule has 4 aromatic rings. The zero-order valence-electron chi connectivity index (χ0n) is 19.5. The van der Waals surface area contributed by atoms with E-state index in [1.165, 1.54) is 6.07 Å². The molecule has 0 radical (unpaired) electrons. The van der Waals surface area contributed by atoms with E-state index in [1.54, 1.807) is 12.3 Å². The number of halogens is 1. The largest absolute Gasteiger partial charge is 0.381 e. The average Bonchev–Trinajstić information content (AvgIpc) is 2.81. The Morgan fingerprint density at radius 2 is 1.64 bits per heavy atom. The highest BCUT2D eigenvalue weighted by Crippen LogP contribution is 2.31. The third kappa shape index (κ3) is 5.37. The van der Waals surface area contributed by atoms with Crippen LogP contribution in [-0.4, -0.2) is 38.1 Å². The number of aromatic nitrogens is 5. The van der Waals surface area contributed by atoms with E-state index < -0.39 is 0 Å². The van der Waals surface area contributed by atoms with Crippen LogP contribution >= 0.6 is 0 Å². The van der Waals surface area contributed by atoms with Gasteiger partial charge in [-0.25, -0.2) is 24.3 Å². The molecule has 0 atom stereocenters. The lowest BCUT2D eigenvalue weighted by Gasteiger charge is -2.21. The smallest absolute Gasteiger partial charge is 0.182 e. The standard InChI is InChI=1S/C20H21FN4O.C6H7N/c1-11-4-5-15(16(21)10-11)17-18-20(23-13(3)12(2)22-18)25-19(24-17)14-6-8-26-9-7-14;1-6-4-2-3-5-7-6/h4-5,10,14H,6-9H2,1-3H3;2-5H,1H3. The van der Waals surface area contributed by atoms with E-state index in [9.17, 15) is 4.39 Å². The van der Waals surface area contributed by atoms with E-state index in [-0.39, 0.29) is 11.7 Å². The van der Waals surface area contributed by atoms with Gasteiger partial charge >= 0.3 is 0 Å². The predicted molar refractivity (Wildman–Crippen MR) is 127 cm³/mol. The molecule has 7 heteroatoms. The van der Waals surface area contributed by atoms with Crippen LogP contribution in [0.2, 0.25) is 0 Å². The normalized spacial score (nSPS) is 14.1. The molecular weight excluding hydrogens is 417 g/mol. The van der Waals surface area contributed by atoms with Gasteiger partial charge in [0.15, 0.2) is 5.65 Å². The minimum absolute atomic E-state index is 0.198. The van der Waals surface area contributed by atoms with Crippen molar-refractivity contribution in [2.75, 3.05) is 13.2 Å². The first-order valence-electron chi connectivity index (χ1n) is 11.2. The highest BCUT2D eigenvalue weighted by atomic mass is 19.1.